The third-order valence-corrected chi connectivity index (χ3v) is 4.94. The summed E-state index contributed by atoms with van der Waals surface area (Å²) >= 11 is 0.812. The molecule has 0 saturated carbocycles. The molecule has 3 rings (SSSR count). The number of thioether (sulfide) groups is 1. The van der Waals surface area contributed by atoms with Crippen LogP contribution in [0.2, 0.25) is 0 Å². The summed E-state index contributed by atoms with van der Waals surface area (Å²) in [5, 5.41) is -0.441. The molecule has 0 unspecified atom stereocenters. The van der Waals surface area contributed by atoms with Gasteiger partial charge in [0, 0.05) is 0 Å². The van der Waals surface area contributed by atoms with Gasteiger partial charge in [0.15, 0.2) is 11.5 Å². The maximum atomic E-state index is 12.7. The van der Waals surface area contributed by atoms with E-state index in [0.717, 1.165) is 16.7 Å². The first-order valence-corrected chi connectivity index (χ1v) is 9.45. The number of ether oxygens (including phenoxy) is 3. The molecule has 1 aliphatic rings. The van der Waals surface area contributed by atoms with Crippen LogP contribution in [-0.2, 0) is 16.1 Å². The van der Waals surface area contributed by atoms with Crippen molar-refractivity contribution in [3.8, 4) is 23.8 Å². The molecule has 0 aliphatic carbocycles. The molecule has 1 aromatic carbocycles. The van der Waals surface area contributed by atoms with Crippen molar-refractivity contribution in [3.05, 3.63) is 52.3 Å². The number of imide groups is 1. The highest BCUT2D eigenvalue weighted by Crippen LogP contribution is 2.35. The smallest absolute Gasteiger partial charge is 0.373 e. The molecule has 0 atom stereocenters. The van der Waals surface area contributed by atoms with Gasteiger partial charge in [-0.05, 0) is 47.7 Å². The molecule has 2 aromatic rings. The largest absolute Gasteiger partial charge is 0.493 e. The molecule has 0 radical (unpaired) electrons. The third-order valence-electron chi connectivity index (χ3n) is 4.03. The Labute approximate surface area is 176 Å². The summed E-state index contributed by atoms with van der Waals surface area (Å²) in [7, 11) is 2.72. The van der Waals surface area contributed by atoms with Gasteiger partial charge in [-0.2, -0.15) is 0 Å². The van der Waals surface area contributed by atoms with Gasteiger partial charge < -0.3 is 18.6 Å². The van der Waals surface area contributed by atoms with Gasteiger partial charge >= 0.3 is 5.97 Å². The lowest BCUT2D eigenvalue weighted by molar-refractivity contribution is -0.123. The first kappa shape index (κ1) is 21.1. The number of rotatable bonds is 7. The van der Waals surface area contributed by atoms with Crippen LogP contribution in [0.5, 0.6) is 11.5 Å². The van der Waals surface area contributed by atoms with Crippen LogP contribution in [0.3, 0.4) is 0 Å². The van der Waals surface area contributed by atoms with Crippen molar-refractivity contribution in [1.29, 1.82) is 0 Å². The Bertz CT molecular complexity index is 1060. The van der Waals surface area contributed by atoms with Gasteiger partial charge in [-0.1, -0.05) is 12.0 Å². The summed E-state index contributed by atoms with van der Waals surface area (Å²) in [5.41, 5.74) is 0.649. The SMILES string of the molecule is C#CCOc1ccc(/C=C2/SC(=O)N(Cc3ccc(C(=O)OC)o3)C2=O)cc1OC. The van der Waals surface area contributed by atoms with Crippen LogP contribution in [0.15, 0.2) is 39.7 Å². The van der Waals surface area contributed by atoms with Crippen molar-refractivity contribution in [1.82, 2.24) is 4.90 Å². The highest BCUT2D eigenvalue weighted by atomic mass is 32.2. The summed E-state index contributed by atoms with van der Waals surface area (Å²) in [6.45, 7) is 0.000254. The van der Waals surface area contributed by atoms with Crippen molar-refractivity contribution in [2.45, 2.75) is 6.54 Å². The Morgan fingerprint density at radius 2 is 2.03 bits per heavy atom. The predicted octanol–water partition coefficient (Wildman–Crippen LogP) is 3.32. The number of benzene rings is 1. The number of carbonyl (C=O) groups excluding carboxylic acids is 3. The van der Waals surface area contributed by atoms with Gasteiger partial charge in [-0.15, -0.1) is 6.42 Å². The monoisotopic (exact) mass is 427 g/mol. The maximum Gasteiger partial charge on any atom is 0.373 e. The molecule has 1 aliphatic heterocycles. The normalized spacial score (nSPS) is 14.7. The molecular weight excluding hydrogens is 410 g/mol. The van der Waals surface area contributed by atoms with Gasteiger partial charge in [0.05, 0.1) is 25.7 Å². The van der Waals surface area contributed by atoms with Crippen LogP contribution in [-0.4, -0.2) is 42.8 Å². The molecule has 1 saturated heterocycles. The number of methoxy groups -OCH3 is 2. The molecule has 154 valence electrons. The van der Waals surface area contributed by atoms with Crippen molar-refractivity contribution in [3.63, 3.8) is 0 Å². The van der Waals surface area contributed by atoms with Crippen LogP contribution in [0.4, 0.5) is 4.79 Å². The number of esters is 1. The molecule has 9 heteroatoms. The van der Waals surface area contributed by atoms with E-state index in [4.69, 9.17) is 20.3 Å². The first-order valence-electron chi connectivity index (χ1n) is 8.63. The number of amides is 2. The lowest BCUT2D eigenvalue weighted by Gasteiger charge is -2.10. The standard InChI is InChI=1S/C21H17NO7S/c1-4-9-28-15-7-5-13(10-17(15)26-2)11-18-19(23)22(21(25)30-18)12-14-6-8-16(29-14)20(24)27-3/h1,5-8,10-11H,9,12H2,2-3H3/b18-11+. The summed E-state index contributed by atoms with van der Waals surface area (Å²) in [4.78, 5) is 37.8. The molecule has 8 nitrogen and oxygen atoms in total. The number of terminal acetylenes is 1. The van der Waals surface area contributed by atoms with E-state index >= 15 is 0 Å². The number of hydrogen-bond acceptors (Lipinski definition) is 8. The van der Waals surface area contributed by atoms with Gasteiger partial charge in [-0.3, -0.25) is 14.5 Å². The van der Waals surface area contributed by atoms with Gasteiger partial charge in [0.25, 0.3) is 11.1 Å². The number of carbonyl (C=O) groups is 3. The van der Waals surface area contributed by atoms with Crippen LogP contribution < -0.4 is 9.47 Å². The minimum Gasteiger partial charge on any atom is -0.493 e. The average molecular weight is 427 g/mol. The molecule has 1 aromatic heterocycles. The summed E-state index contributed by atoms with van der Waals surface area (Å²) < 4.78 is 20.6. The second-order valence-corrected chi connectivity index (χ2v) is 6.92. The summed E-state index contributed by atoms with van der Waals surface area (Å²) in [6.07, 6.45) is 6.78. The molecule has 1 fully saturated rings. The summed E-state index contributed by atoms with van der Waals surface area (Å²) in [6, 6.07) is 8.00. The fourth-order valence-electron chi connectivity index (χ4n) is 2.63. The van der Waals surface area contributed by atoms with E-state index in [1.165, 1.54) is 26.4 Å². The van der Waals surface area contributed by atoms with Gasteiger partial charge in [0.1, 0.15) is 12.4 Å². The Morgan fingerprint density at radius 1 is 1.23 bits per heavy atom. The Hall–Kier alpha value is -3.64. The second-order valence-electron chi connectivity index (χ2n) is 5.93. The molecule has 2 amide bonds. The lowest BCUT2D eigenvalue weighted by atomic mass is 10.2. The Balaban J connectivity index is 1.77. The van der Waals surface area contributed by atoms with Crippen molar-refractivity contribution >= 4 is 35.0 Å². The topological polar surface area (TPSA) is 95.3 Å². The third kappa shape index (κ3) is 4.50. The van der Waals surface area contributed by atoms with E-state index in [9.17, 15) is 14.4 Å². The molecule has 0 spiro atoms. The summed E-state index contributed by atoms with van der Waals surface area (Å²) in [5.74, 6) is 2.47. The highest BCUT2D eigenvalue weighted by molar-refractivity contribution is 8.18. The highest BCUT2D eigenvalue weighted by Gasteiger charge is 2.35. The number of hydrogen-bond donors (Lipinski definition) is 0. The Kier molecular flexibility index (Phi) is 6.49. The van der Waals surface area contributed by atoms with E-state index in [0.29, 0.717) is 17.1 Å². The molecule has 30 heavy (non-hydrogen) atoms. The minimum absolute atomic E-state index is 0.00532. The minimum atomic E-state index is -0.640. The molecular formula is C21H17NO7S. The second kappa shape index (κ2) is 9.24. The fourth-order valence-corrected chi connectivity index (χ4v) is 3.47. The molecule has 0 bridgehead atoms. The zero-order valence-corrected chi connectivity index (χ0v) is 17.0. The molecule has 2 heterocycles. The zero-order chi connectivity index (χ0) is 21.7. The zero-order valence-electron chi connectivity index (χ0n) is 16.2. The van der Waals surface area contributed by atoms with Crippen LogP contribution in [0, 0.1) is 12.3 Å². The van der Waals surface area contributed by atoms with Crippen molar-refractivity contribution < 1.29 is 33.0 Å². The quantitative estimate of drug-likeness (QED) is 0.377. The van der Waals surface area contributed by atoms with E-state index < -0.39 is 17.1 Å². The first-order chi connectivity index (χ1) is 14.5. The lowest BCUT2D eigenvalue weighted by Crippen LogP contribution is -2.27. The van der Waals surface area contributed by atoms with Crippen LogP contribution in [0.25, 0.3) is 6.08 Å². The van der Waals surface area contributed by atoms with Crippen molar-refractivity contribution in [2.75, 3.05) is 20.8 Å². The molecule has 0 N–H and O–H groups in total. The number of nitrogens with zero attached hydrogens (tertiary/aromatic N) is 1. The average Bonchev–Trinajstić information content (AvgIpc) is 3.32. The van der Waals surface area contributed by atoms with Gasteiger partial charge in [0.2, 0.25) is 5.76 Å². The van der Waals surface area contributed by atoms with E-state index in [1.54, 1.807) is 24.3 Å². The van der Waals surface area contributed by atoms with E-state index in [2.05, 4.69) is 10.7 Å². The fraction of sp³-hybridized carbons (Fsp3) is 0.190. The number of furan rings is 1. The van der Waals surface area contributed by atoms with Gasteiger partial charge in [-0.25, -0.2) is 4.79 Å². The van der Waals surface area contributed by atoms with E-state index in [1.807, 2.05) is 0 Å². The maximum absolute atomic E-state index is 12.7. The predicted molar refractivity (Wildman–Crippen MR) is 109 cm³/mol. The Morgan fingerprint density at radius 3 is 2.73 bits per heavy atom. The van der Waals surface area contributed by atoms with Crippen LogP contribution >= 0.6 is 11.8 Å². The van der Waals surface area contributed by atoms with Crippen LogP contribution in [0.1, 0.15) is 21.9 Å². The van der Waals surface area contributed by atoms with Crippen molar-refractivity contribution in [2.24, 2.45) is 0 Å². The van der Waals surface area contributed by atoms with E-state index in [-0.39, 0.29) is 29.6 Å².